The molecule has 0 aromatic heterocycles. The fraction of sp³-hybridized carbons (Fsp3) is 0.294. The first kappa shape index (κ1) is 13.6. The highest BCUT2D eigenvalue weighted by atomic mass is 15.1. The van der Waals surface area contributed by atoms with Gasteiger partial charge in [0.05, 0.1) is 0 Å². The average molecular weight is 254 g/mol. The lowest BCUT2D eigenvalue weighted by Gasteiger charge is -2.24. The highest BCUT2D eigenvalue weighted by Gasteiger charge is 2.11. The number of aryl methyl sites for hydroxylation is 1. The van der Waals surface area contributed by atoms with E-state index in [1.807, 2.05) is 13.0 Å². The van der Waals surface area contributed by atoms with E-state index in [0.717, 1.165) is 6.42 Å². The Morgan fingerprint density at radius 3 is 2.26 bits per heavy atom. The monoisotopic (exact) mass is 254 g/mol. The molecule has 0 saturated heterocycles. The average Bonchev–Trinajstić information content (AvgIpc) is 2.46. The van der Waals surface area contributed by atoms with Gasteiger partial charge >= 0.3 is 0 Å². The van der Waals surface area contributed by atoms with Crippen LogP contribution in [0.3, 0.4) is 0 Å². The lowest BCUT2D eigenvalue weighted by Crippen LogP contribution is -2.15. The first-order chi connectivity index (χ1) is 9.13. The SMILES string of the molecule is CCc1ccc(N(C)c2ccccc2[C@H](C)N)cc1. The predicted molar refractivity (Wildman–Crippen MR) is 82.9 cm³/mol. The molecule has 0 fully saturated rings. The van der Waals surface area contributed by atoms with Crippen molar-refractivity contribution in [2.45, 2.75) is 26.3 Å². The Morgan fingerprint density at radius 1 is 1.05 bits per heavy atom. The summed E-state index contributed by atoms with van der Waals surface area (Å²) in [6.07, 6.45) is 1.07. The molecule has 0 aliphatic carbocycles. The molecular formula is C17H22N2. The van der Waals surface area contributed by atoms with Crippen LogP contribution in [0.4, 0.5) is 11.4 Å². The molecule has 1 atom stereocenters. The number of nitrogens with zero attached hydrogens (tertiary/aromatic N) is 1. The van der Waals surface area contributed by atoms with E-state index in [2.05, 4.69) is 61.3 Å². The van der Waals surface area contributed by atoms with Crippen LogP contribution in [0.2, 0.25) is 0 Å². The van der Waals surface area contributed by atoms with Crippen LogP contribution < -0.4 is 10.6 Å². The standard InChI is InChI=1S/C17H22N2/c1-4-14-9-11-15(12-10-14)19(3)17-8-6-5-7-16(17)13(2)18/h5-13H,4,18H2,1-3H3/t13-/m0/s1. The number of hydrogen-bond donors (Lipinski definition) is 1. The topological polar surface area (TPSA) is 29.3 Å². The Balaban J connectivity index is 2.35. The van der Waals surface area contributed by atoms with Gasteiger partial charge in [-0.3, -0.25) is 0 Å². The van der Waals surface area contributed by atoms with Gasteiger partial charge in [-0.2, -0.15) is 0 Å². The molecule has 0 unspecified atom stereocenters. The van der Waals surface area contributed by atoms with Crippen LogP contribution in [0.5, 0.6) is 0 Å². The number of anilines is 2. The van der Waals surface area contributed by atoms with Crippen LogP contribution in [-0.4, -0.2) is 7.05 Å². The Hall–Kier alpha value is -1.80. The van der Waals surface area contributed by atoms with Crippen molar-refractivity contribution in [1.29, 1.82) is 0 Å². The number of rotatable bonds is 4. The first-order valence-corrected chi connectivity index (χ1v) is 6.80. The lowest BCUT2D eigenvalue weighted by atomic mass is 10.1. The van der Waals surface area contributed by atoms with E-state index >= 15 is 0 Å². The van der Waals surface area contributed by atoms with Crippen molar-refractivity contribution >= 4 is 11.4 Å². The summed E-state index contributed by atoms with van der Waals surface area (Å²) in [6.45, 7) is 4.19. The summed E-state index contributed by atoms with van der Waals surface area (Å²) in [5.41, 5.74) is 10.9. The van der Waals surface area contributed by atoms with Crippen LogP contribution in [0.15, 0.2) is 48.5 Å². The Morgan fingerprint density at radius 2 is 1.68 bits per heavy atom. The smallest absolute Gasteiger partial charge is 0.0456 e. The van der Waals surface area contributed by atoms with Crippen LogP contribution in [0.1, 0.15) is 31.0 Å². The molecule has 2 N–H and O–H groups in total. The van der Waals surface area contributed by atoms with Crippen LogP contribution in [0.25, 0.3) is 0 Å². The van der Waals surface area contributed by atoms with Gasteiger partial charge in [0, 0.05) is 24.5 Å². The van der Waals surface area contributed by atoms with Gasteiger partial charge in [-0.15, -0.1) is 0 Å². The number of hydrogen-bond acceptors (Lipinski definition) is 2. The largest absolute Gasteiger partial charge is 0.344 e. The fourth-order valence-corrected chi connectivity index (χ4v) is 2.27. The molecule has 100 valence electrons. The van der Waals surface area contributed by atoms with Crippen LogP contribution in [0, 0.1) is 0 Å². The van der Waals surface area contributed by atoms with E-state index in [0.29, 0.717) is 0 Å². The summed E-state index contributed by atoms with van der Waals surface area (Å²) in [6, 6.07) is 17.0. The molecule has 2 heteroatoms. The van der Waals surface area contributed by atoms with E-state index < -0.39 is 0 Å². The normalized spacial score (nSPS) is 12.2. The molecule has 2 rings (SSSR count). The number of benzene rings is 2. The van der Waals surface area contributed by atoms with Crippen LogP contribution in [-0.2, 0) is 6.42 Å². The maximum Gasteiger partial charge on any atom is 0.0456 e. The summed E-state index contributed by atoms with van der Waals surface area (Å²) in [7, 11) is 2.09. The zero-order valence-corrected chi connectivity index (χ0v) is 11.9. The zero-order chi connectivity index (χ0) is 13.8. The third-order valence-electron chi connectivity index (χ3n) is 3.52. The first-order valence-electron chi connectivity index (χ1n) is 6.80. The third-order valence-corrected chi connectivity index (χ3v) is 3.52. The Kier molecular flexibility index (Phi) is 4.23. The van der Waals surface area contributed by atoms with Gasteiger partial charge in [-0.1, -0.05) is 37.3 Å². The molecular weight excluding hydrogens is 232 g/mol. The molecule has 2 nitrogen and oxygen atoms in total. The second-order valence-electron chi connectivity index (χ2n) is 4.93. The van der Waals surface area contributed by atoms with Gasteiger partial charge in [-0.05, 0) is 42.7 Å². The second-order valence-corrected chi connectivity index (χ2v) is 4.93. The van der Waals surface area contributed by atoms with E-state index in [4.69, 9.17) is 5.73 Å². The van der Waals surface area contributed by atoms with Crippen molar-refractivity contribution in [3.8, 4) is 0 Å². The van der Waals surface area contributed by atoms with Crippen molar-refractivity contribution in [2.75, 3.05) is 11.9 Å². The molecule has 0 aliphatic heterocycles. The molecule has 0 heterocycles. The van der Waals surface area contributed by atoms with E-state index in [9.17, 15) is 0 Å². The predicted octanol–water partition coefficient (Wildman–Crippen LogP) is 4.04. The summed E-state index contributed by atoms with van der Waals surface area (Å²) in [4.78, 5) is 2.19. The van der Waals surface area contributed by atoms with Gasteiger partial charge < -0.3 is 10.6 Å². The minimum atomic E-state index is 0.0357. The van der Waals surface area contributed by atoms with E-state index in [1.165, 1.54) is 22.5 Å². The second kappa shape index (κ2) is 5.89. The van der Waals surface area contributed by atoms with Crippen molar-refractivity contribution in [2.24, 2.45) is 5.73 Å². The van der Waals surface area contributed by atoms with Gasteiger partial charge in [0.2, 0.25) is 0 Å². The molecule has 2 aromatic carbocycles. The number of para-hydroxylation sites is 1. The number of nitrogens with two attached hydrogens (primary N) is 1. The lowest BCUT2D eigenvalue weighted by molar-refractivity contribution is 0.815. The minimum absolute atomic E-state index is 0.0357. The maximum atomic E-state index is 6.05. The quantitative estimate of drug-likeness (QED) is 0.892. The summed E-state index contributed by atoms with van der Waals surface area (Å²) < 4.78 is 0. The molecule has 0 bridgehead atoms. The molecule has 0 radical (unpaired) electrons. The van der Waals surface area contributed by atoms with Crippen molar-refractivity contribution in [3.05, 3.63) is 59.7 Å². The summed E-state index contributed by atoms with van der Waals surface area (Å²) in [5.74, 6) is 0. The third kappa shape index (κ3) is 2.96. The van der Waals surface area contributed by atoms with Crippen molar-refractivity contribution in [3.63, 3.8) is 0 Å². The fourth-order valence-electron chi connectivity index (χ4n) is 2.27. The van der Waals surface area contributed by atoms with E-state index in [-0.39, 0.29) is 6.04 Å². The maximum absolute atomic E-state index is 6.05. The van der Waals surface area contributed by atoms with Gasteiger partial charge in [-0.25, -0.2) is 0 Å². The van der Waals surface area contributed by atoms with E-state index in [1.54, 1.807) is 0 Å². The summed E-state index contributed by atoms with van der Waals surface area (Å²) >= 11 is 0. The Labute approximate surface area is 115 Å². The van der Waals surface area contributed by atoms with Gasteiger partial charge in [0.1, 0.15) is 0 Å². The molecule has 0 aliphatic rings. The summed E-state index contributed by atoms with van der Waals surface area (Å²) in [5, 5.41) is 0. The molecule has 2 aromatic rings. The molecule has 0 spiro atoms. The zero-order valence-electron chi connectivity index (χ0n) is 11.9. The van der Waals surface area contributed by atoms with Gasteiger partial charge in [0.25, 0.3) is 0 Å². The van der Waals surface area contributed by atoms with Crippen molar-refractivity contribution < 1.29 is 0 Å². The minimum Gasteiger partial charge on any atom is -0.344 e. The Bertz CT molecular complexity index is 529. The highest BCUT2D eigenvalue weighted by molar-refractivity contribution is 5.66. The molecule has 0 saturated carbocycles. The highest BCUT2D eigenvalue weighted by Crippen LogP contribution is 2.29. The van der Waals surface area contributed by atoms with Gasteiger partial charge in [0.15, 0.2) is 0 Å². The molecule has 0 amide bonds. The molecule has 19 heavy (non-hydrogen) atoms. The van der Waals surface area contributed by atoms with Crippen molar-refractivity contribution in [1.82, 2.24) is 0 Å². The van der Waals surface area contributed by atoms with Crippen LogP contribution >= 0.6 is 0 Å².